The Morgan fingerprint density at radius 2 is 1.84 bits per heavy atom. The minimum Gasteiger partial charge on any atom is -0.266 e. The summed E-state index contributed by atoms with van der Waals surface area (Å²) in [5.41, 5.74) is 2.36. The van der Waals surface area contributed by atoms with Crippen molar-refractivity contribution in [1.82, 2.24) is 9.78 Å². The van der Waals surface area contributed by atoms with Crippen LogP contribution in [-0.2, 0) is 6.42 Å². The zero-order valence-electron chi connectivity index (χ0n) is 11.5. The fourth-order valence-electron chi connectivity index (χ4n) is 5.31. The lowest BCUT2D eigenvalue weighted by atomic mass is 9.54. The van der Waals surface area contributed by atoms with Gasteiger partial charge in [-0.25, -0.2) is 0 Å². The molecule has 0 amide bonds. The van der Waals surface area contributed by atoms with Gasteiger partial charge in [0.05, 0.1) is 24.7 Å². The van der Waals surface area contributed by atoms with Crippen molar-refractivity contribution >= 4 is 0 Å². The number of hydrogen-bond donors (Lipinski definition) is 0. The van der Waals surface area contributed by atoms with Gasteiger partial charge in [-0.2, -0.15) is 10.4 Å². The van der Waals surface area contributed by atoms with Crippen LogP contribution >= 0.6 is 0 Å². The van der Waals surface area contributed by atoms with Crippen molar-refractivity contribution in [1.29, 1.82) is 5.26 Å². The first kappa shape index (κ1) is 11.5. The van der Waals surface area contributed by atoms with Gasteiger partial charge in [-0.1, -0.05) is 0 Å². The summed E-state index contributed by atoms with van der Waals surface area (Å²) in [7, 11) is 0. The van der Waals surface area contributed by atoms with Crippen LogP contribution in [-0.4, -0.2) is 9.78 Å². The molecule has 0 spiro atoms. The van der Waals surface area contributed by atoms with E-state index in [0.29, 0.717) is 12.5 Å². The van der Waals surface area contributed by atoms with Crippen LogP contribution in [0, 0.1) is 41.9 Å². The molecule has 0 N–H and O–H groups in total. The van der Waals surface area contributed by atoms with Gasteiger partial charge in [0.2, 0.25) is 0 Å². The highest BCUT2D eigenvalue weighted by Crippen LogP contribution is 2.58. The Bertz CT molecular complexity index is 509. The van der Waals surface area contributed by atoms with E-state index in [2.05, 4.69) is 22.8 Å². The molecule has 0 radical (unpaired) electrons. The predicted octanol–water partition coefficient (Wildman–Crippen LogP) is 3.25. The Morgan fingerprint density at radius 1 is 1.21 bits per heavy atom. The molecule has 3 nitrogen and oxygen atoms in total. The Hall–Kier alpha value is -1.30. The highest BCUT2D eigenvalue weighted by Gasteiger charge is 2.49. The molecule has 4 bridgehead atoms. The molecule has 0 aliphatic heterocycles. The van der Waals surface area contributed by atoms with E-state index in [1.165, 1.54) is 37.8 Å². The molecule has 3 heteroatoms. The molecule has 1 aromatic heterocycles. The molecule has 1 aromatic rings. The monoisotopic (exact) mass is 255 g/mol. The van der Waals surface area contributed by atoms with Crippen LogP contribution in [0.25, 0.3) is 0 Å². The van der Waals surface area contributed by atoms with Crippen LogP contribution in [0.4, 0.5) is 0 Å². The average Bonchev–Trinajstić information content (AvgIpc) is 2.71. The van der Waals surface area contributed by atoms with Crippen LogP contribution in [0.1, 0.15) is 49.4 Å². The summed E-state index contributed by atoms with van der Waals surface area (Å²) >= 11 is 0. The second kappa shape index (κ2) is 4.10. The van der Waals surface area contributed by atoms with Crippen LogP contribution in [0.3, 0.4) is 0 Å². The number of aromatic nitrogens is 2. The molecule has 19 heavy (non-hydrogen) atoms. The van der Waals surface area contributed by atoms with Crippen molar-refractivity contribution < 1.29 is 0 Å². The second-order valence-electron chi connectivity index (χ2n) is 6.96. The Kier molecular flexibility index (Phi) is 2.48. The van der Waals surface area contributed by atoms with Gasteiger partial charge in [-0.3, -0.25) is 4.68 Å². The smallest absolute Gasteiger partial charge is 0.0671 e. The first-order chi connectivity index (χ1) is 9.26. The molecule has 4 aliphatic carbocycles. The molecule has 4 saturated carbocycles. The highest BCUT2D eigenvalue weighted by atomic mass is 15.3. The summed E-state index contributed by atoms with van der Waals surface area (Å²) < 4.78 is 2.28. The maximum Gasteiger partial charge on any atom is 0.0671 e. The maximum atomic E-state index is 8.88. The van der Waals surface area contributed by atoms with Crippen LogP contribution in [0.15, 0.2) is 6.20 Å². The van der Waals surface area contributed by atoms with Crippen LogP contribution < -0.4 is 0 Å². The van der Waals surface area contributed by atoms with E-state index in [9.17, 15) is 0 Å². The number of hydrogen-bond acceptors (Lipinski definition) is 2. The second-order valence-corrected chi connectivity index (χ2v) is 6.96. The van der Waals surface area contributed by atoms with Gasteiger partial charge in [-0.15, -0.1) is 0 Å². The maximum absolute atomic E-state index is 8.88. The third-order valence-corrected chi connectivity index (χ3v) is 5.88. The predicted molar refractivity (Wildman–Crippen MR) is 72.4 cm³/mol. The van der Waals surface area contributed by atoms with E-state index >= 15 is 0 Å². The minimum absolute atomic E-state index is 0.499. The molecule has 4 aliphatic rings. The van der Waals surface area contributed by atoms with Crippen molar-refractivity contribution in [2.75, 3.05) is 0 Å². The van der Waals surface area contributed by atoms with E-state index in [-0.39, 0.29) is 0 Å². The van der Waals surface area contributed by atoms with Gasteiger partial charge >= 0.3 is 0 Å². The molecule has 0 atom stereocenters. The lowest BCUT2D eigenvalue weighted by Crippen LogP contribution is -2.46. The van der Waals surface area contributed by atoms with E-state index in [1.807, 2.05) is 6.20 Å². The highest BCUT2D eigenvalue weighted by molar-refractivity contribution is 5.21. The molecular formula is C16H21N3. The molecular weight excluding hydrogens is 234 g/mol. The van der Waals surface area contributed by atoms with E-state index < -0.39 is 0 Å². The number of rotatable bonds is 2. The zero-order valence-corrected chi connectivity index (χ0v) is 11.5. The zero-order chi connectivity index (χ0) is 13.0. The summed E-state index contributed by atoms with van der Waals surface area (Å²) in [6, 6.07) is 2.88. The Balaban J connectivity index is 1.68. The molecule has 100 valence electrons. The lowest BCUT2D eigenvalue weighted by Gasteiger charge is -2.54. The van der Waals surface area contributed by atoms with Gasteiger partial charge < -0.3 is 0 Å². The fraction of sp³-hybridized carbons (Fsp3) is 0.750. The van der Waals surface area contributed by atoms with E-state index in [0.717, 1.165) is 29.2 Å². The van der Waals surface area contributed by atoms with Gasteiger partial charge in [-0.05, 0) is 62.7 Å². The first-order valence-corrected chi connectivity index (χ1v) is 7.66. The minimum atomic E-state index is 0.499. The number of nitriles is 1. The van der Waals surface area contributed by atoms with E-state index in [4.69, 9.17) is 5.26 Å². The van der Waals surface area contributed by atoms with Crippen LogP contribution in [0.2, 0.25) is 0 Å². The van der Waals surface area contributed by atoms with Gasteiger partial charge in [0.25, 0.3) is 0 Å². The van der Waals surface area contributed by atoms with Crippen LogP contribution in [0.5, 0.6) is 0 Å². The van der Waals surface area contributed by atoms with Crippen molar-refractivity contribution in [3.05, 3.63) is 17.5 Å². The number of nitrogens with zero attached hydrogens (tertiary/aromatic N) is 3. The van der Waals surface area contributed by atoms with Gasteiger partial charge in [0, 0.05) is 11.3 Å². The summed E-state index contributed by atoms with van der Waals surface area (Å²) in [6.45, 7) is 2.14. The van der Waals surface area contributed by atoms with E-state index in [1.54, 1.807) is 0 Å². The summed E-state index contributed by atoms with van der Waals surface area (Å²) in [4.78, 5) is 0. The topological polar surface area (TPSA) is 41.6 Å². The SMILES string of the molecule is Cc1c(CC#N)cnn1C1C2CC3CC(C2)CC1C3. The van der Waals surface area contributed by atoms with Crippen molar-refractivity contribution in [3.63, 3.8) is 0 Å². The molecule has 0 aromatic carbocycles. The summed E-state index contributed by atoms with van der Waals surface area (Å²) in [6.07, 6.45) is 9.60. The van der Waals surface area contributed by atoms with Gasteiger partial charge in [0.15, 0.2) is 0 Å². The third kappa shape index (κ3) is 1.65. The normalized spacial score (nSPS) is 39.5. The fourth-order valence-corrected chi connectivity index (χ4v) is 5.31. The largest absolute Gasteiger partial charge is 0.266 e. The first-order valence-electron chi connectivity index (χ1n) is 7.66. The Labute approximate surface area is 114 Å². The summed E-state index contributed by atoms with van der Waals surface area (Å²) in [5, 5.41) is 13.5. The molecule has 0 saturated heterocycles. The van der Waals surface area contributed by atoms with Gasteiger partial charge in [0.1, 0.15) is 0 Å². The van der Waals surface area contributed by atoms with Crippen molar-refractivity contribution in [2.24, 2.45) is 23.7 Å². The lowest BCUT2D eigenvalue weighted by molar-refractivity contribution is -0.0344. The molecule has 0 unspecified atom stereocenters. The van der Waals surface area contributed by atoms with Crippen molar-refractivity contribution in [2.45, 2.75) is 51.5 Å². The summed E-state index contributed by atoms with van der Waals surface area (Å²) in [5.74, 6) is 3.72. The molecule has 4 fully saturated rings. The Morgan fingerprint density at radius 3 is 2.42 bits per heavy atom. The standard InChI is InChI=1S/C16H21N3/c1-10-13(2-3-17)9-18-19(10)16-14-5-11-4-12(7-14)8-15(16)6-11/h9,11-12,14-16H,2,4-8H2,1H3. The average molecular weight is 255 g/mol. The quantitative estimate of drug-likeness (QED) is 0.814. The third-order valence-electron chi connectivity index (χ3n) is 5.88. The van der Waals surface area contributed by atoms with Crippen molar-refractivity contribution in [3.8, 4) is 6.07 Å². The molecule has 5 rings (SSSR count). The molecule has 1 heterocycles.